The summed E-state index contributed by atoms with van der Waals surface area (Å²) in [5, 5.41) is 17.2. The van der Waals surface area contributed by atoms with E-state index in [9.17, 15) is 27.9 Å². The minimum atomic E-state index is -4.00. The first-order valence-electron chi connectivity index (χ1n) is 11.3. The molecule has 0 bridgehead atoms. The van der Waals surface area contributed by atoms with Crippen LogP contribution in [0.2, 0.25) is 0 Å². The smallest absolute Gasteiger partial charge is 0.328 e. The molecule has 3 amide bonds. The molecule has 10 nitrogen and oxygen atoms in total. The summed E-state index contributed by atoms with van der Waals surface area (Å²) in [7, 11) is -4.00. The van der Waals surface area contributed by atoms with Gasteiger partial charge in [-0.05, 0) is 38.5 Å². The second-order valence-electron chi connectivity index (χ2n) is 8.87. The Bertz CT molecular complexity index is 1190. The second-order valence-corrected chi connectivity index (χ2v) is 12.4. The first-order valence-corrected chi connectivity index (χ1v) is 13.7. The predicted molar refractivity (Wildman–Crippen MR) is 137 cm³/mol. The third-order valence-electron chi connectivity index (χ3n) is 5.84. The molecule has 12 heteroatoms. The summed E-state index contributed by atoms with van der Waals surface area (Å²) >= 11 is 1.28. The molecule has 1 saturated heterocycles. The molecule has 0 aliphatic carbocycles. The maximum Gasteiger partial charge on any atom is 0.328 e. The maximum absolute atomic E-state index is 13.2. The highest BCUT2D eigenvalue weighted by atomic mass is 32.2. The lowest BCUT2D eigenvalue weighted by molar-refractivity contribution is -0.142. The van der Waals surface area contributed by atoms with E-state index < -0.39 is 44.8 Å². The number of thioether (sulfide) groups is 1. The van der Waals surface area contributed by atoms with Crippen LogP contribution in [0.5, 0.6) is 0 Å². The van der Waals surface area contributed by atoms with Crippen molar-refractivity contribution in [2.24, 2.45) is 0 Å². The van der Waals surface area contributed by atoms with Crippen LogP contribution in [-0.2, 0) is 19.6 Å². The average Bonchev–Trinajstić information content (AvgIpc) is 3.18. The van der Waals surface area contributed by atoms with Crippen LogP contribution in [0.15, 0.2) is 65.6 Å². The number of aliphatic carboxylic acids is 1. The van der Waals surface area contributed by atoms with Gasteiger partial charge in [0.05, 0.1) is 23.4 Å². The van der Waals surface area contributed by atoms with Gasteiger partial charge in [-0.3, -0.25) is 4.79 Å². The first kappa shape index (κ1) is 27.5. The van der Waals surface area contributed by atoms with Gasteiger partial charge < -0.3 is 21.1 Å². The van der Waals surface area contributed by atoms with Crippen LogP contribution in [0.4, 0.5) is 4.79 Å². The number of nitrogens with one attached hydrogen (secondary N) is 3. The molecule has 0 radical (unpaired) electrons. The van der Waals surface area contributed by atoms with Crippen LogP contribution in [0.25, 0.3) is 0 Å². The van der Waals surface area contributed by atoms with Gasteiger partial charge in [-0.25, -0.2) is 18.0 Å². The number of hydrogen-bond acceptors (Lipinski definition) is 6. The highest BCUT2D eigenvalue weighted by Gasteiger charge is 2.51. The number of carbonyl (C=O) groups excluding carboxylic acids is 2. The van der Waals surface area contributed by atoms with Crippen molar-refractivity contribution in [3.8, 4) is 0 Å². The van der Waals surface area contributed by atoms with E-state index in [1.807, 2.05) is 30.3 Å². The van der Waals surface area contributed by atoms with Crippen LogP contribution in [-0.4, -0.2) is 65.0 Å². The fraction of sp³-hybridized carbons (Fsp3) is 0.375. The fourth-order valence-corrected chi connectivity index (χ4v) is 7.02. The summed E-state index contributed by atoms with van der Waals surface area (Å²) in [6.07, 6.45) is 0. The highest BCUT2D eigenvalue weighted by Crippen LogP contribution is 2.42. The Morgan fingerprint density at radius 3 is 2.22 bits per heavy atom. The number of amides is 3. The van der Waals surface area contributed by atoms with Crippen molar-refractivity contribution in [3.63, 3.8) is 0 Å². The van der Waals surface area contributed by atoms with Gasteiger partial charge in [0, 0.05) is 4.75 Å². The SMILES string of the molecule is CC(NC(=O)NCC(NC(=O)C1N(S(=O)(=O)c2ccccc2)CSC1(C)C)C(=O)O)c1ccccc1. The Hall–Kier alpha value is -3.09. The van der Waals surface area contributed by atoms with E-state index in [0.29, 0.717) is 0 Å². The van der Waals surface area contributed by atoms with Crippen LogP contribution in [0, 0.1) is 0 Å². The summed E-state index contributed by atoms with van der Waals surface area (Å²) in [5.74, 6) is -2.07. The predicted octanol–water partition coefficient (Wildman–Crippen LogP) is 2.16. The molecular weight excluding hydrogens is 504 g/mol. The average molecular weight is 535 g/mol. The third kappa shape index (κ3) is 6.37. The molecule has 0 spiro atoms. The van der Waals surface area contributed by atoms with Gasteiger partial charge in [-0.15, -0.1) is 11.8 Å². The number of carboxylic acid groups (broad SMARTS) is 1. The number of sulfonamides is 1. The Morgan fingerprint density at radius 1 is 1.06 bits per heavy atom. The molecule has 2 aromatic carbocycles. The lowest BCUT2D eigenvalue weighted by Crippen LogP contribution is -2.58. The molecule has 0 saturated carbocycles. The van der Waals surface area contributed by atoms with Crippen molar-refractivity contribution >= 4 is 39.7 Å². The zero-order valence-corrected chi connectivity index (χ0v) is 21.8. The van der Waals surface area contributed by atoms with Crippen molar-refractivity contribution in [1.29, 1.82) is 0 Å². The highest BCUT2D eigenvalue weighted by molar-refractivity contribution is 8.02. The van der Waals surface area contributed by atoms with E-state index in [0.717, 1.165) is 9.87 Å². The van der Waals surface area contributed by atoms with Crippen molar-refractivity contribution in [2.75, 3.05) is 12.4 Å². The minimum absolute atomic E-state index is 0.0398. The maximum atomic E-state index is 13.2. The molecule has 3 rings (SSSR count). The Kier molecular flexibility index (Phi) is 8.64. The number of rotatable bonds is 9. The van der Waals surface area contributed by atoms with E-state index in [1.165, 1.54) is 23.9 Å². The Morgan fingerprint density at radius 2 is 1.64 bits per heavy atom. The summed E-state index contributed by atoms with van der Waals surface area (Å²) in [5.41, 5.74) is 0.872. The van der Waals surface area contributed by atoms with E-state index in [1.54, 1.807) is 39.0 Å². The summed E-state index contributed by atoms with van der Waals surface area (Å²) in [4.78, 5) is 37.5. The standard InChI is InChI=1S/C24H30N4O6S2/c1-16(17-10-6-4-7-11-17)26-23(32)25-14-19(22(30)31)27-21(29)20-24(2,3)35-15-28(20)36(33,34)18-12-8-5-9-13-18/h4-13,16,19-20H,14-15H2,1-3H3,(H,27,29)(H,30,31)(H2,25,26,32). The van der Waals surface area contributed by atoms with Gasteiger partial charge in [0.15, 0.2) is 0 Å². The van der Waals surface area contributed by atoms with E-state index in [4.69, 9.17) is 0 Å². The monoisotopic (exact) mass is 534 g/mol. The number of nitrogens with zero attached hydrogens (tertiary/aromatic N) is 1. The topological polar surface area (TPSA) is 145 Å². The molecule has 1 heterocycles. The Labute approximate surface area is 214 Å². The lowest BCUT2D eigenvalue weighted by Gasteiger charge is -2.31. The molecule has 1 aliphatic rings. The summed E-state index contributed by atoms with van der Waals surface area (Å²) in [6, 6.07) is 13.4. The van der Waals surface area contributed by atoms with Crippen LogP contribution in [0.1, 0.15) is 32.4 Å². The molecule has 3 unspecified atom stereocenters. The zero-order valence-electron chi connectivity index (χ0n) is 20.2. The van der Waals surface area contributed by atoms with Crippen LogP contribution >= 0.6 is 11.8 Å². The van der Waals surface area contributed by atoms with Gasteiger partial charge in [-0.1, -0.05) is 48.5 Å². The van der Waals surface area contributed by atoms with Crippen molar-refractivity contribution in [1.82, 2.24) is 20.3 Å². The van der Waals surface area contributed by atoms with Gasteiger partial charge in [-0.2, -0.15) is 4.31 Å². The summed E-state index contributed by atoms with van der Waals surface area (Å²) < 4.78 is 26.8. The minimum Gasteiger partial charge on any atom is -0.480 e. The first-order chi connectivity index (χ1) is 16.9. The largest absolute Gasteiger partial charge is 0.480 e. The molecule has 1 aliphatic heterocycles. The molecule has 36 heavy (non-hydrogen) atoms. The third-order valence-corrected chi connectivity index (χ3v) is 9.20. The molecular formula is C24H30N4O6S2. The van der Waals surface area contributed by atoms with Crippen molar-refractivity contribution in [2.45, 2.75) is 48.5 Å². The van der Waals surface area contributed by atoms with E-state index in [-0.39, 0.29) is 23.4 Å². The van der Waals surface area contributed by atoms with Crippen molar-refractivity contribution in [3.05, 3.63) is 66.2 Å². The van der Waals surface area contributed by atoms with Gasteiger partial charge in [0.25, 0.3) is 0 Å². The number of hydrogen-bond donors (Lipinski definition) is 4. The van der Waals surface area contributed by atoms with Gasteiger partial charge >= 0.3 is 12.0 Å². The molecule has 4 N–H and O–H groups in total. The molecule has 194 valence electrons. The van der Waals surface area contributed by atoms with Crippen LogP contribution < -0.4 is 16.0 Å². The van der Waals surface area contributed by atoms with E-state index in [2.05, 4.69) is 16.0 Å². The molecule has 3 atom stereocenters. The number of carboxylic acids is 1. The second kappa shape index (κ2) is 11.3. The number of carbonyl (C=O) groups is 3. The number of urea groups is 1. The molecule has 1 fully saturated rings. The van der Waals surface area contributed by atoms with Gasteiger partial charge in [0.1, 0.15) is 12.1 Å². The van der Waals surface area contributed by atoms with Gasteiger partial charge in [0.2, 0.25) is 15.9 Å². The Balaban J connectivity index is 1.68. The summed E-state index contributed by atoms with van der Waals surface area (Å²) in [6.45, 7) is 4.86. The number of benzene rings is 2. The molecule has 0 aromatic heterocycles. The molecule has 2 aromatic rings. The quantitative estimate of drug-likeness (QED) is 0.386. The van der Waals surface area contributed by atoms with Crippen molar-refractivity contribution < 1.29 is 27.9 Å². The fourth-order valence-electron chi connectivity index (χ4n) is 3.83. The normalized spacial score (nSPS) is 19.1. The zero-order chi connectivity index (χ0) is 26.5. The lowest BCUT2D eigenvalue weighted by atomic mass is 10.0. The van der Waals surface area contributed by atoms with E-state index >= 15 is 0 Å². The van der Waals surface area contributed by atoms with Crippen LogP contribution in [0.3, 0.4) is 0 Å².